The van der Waals surface area contributed by atoms with E-state index >= 15 is 0 Å². The van der Waals surface area contributed by atoms with Crippen molar-refractivity contribution < 1.29 is 19.0 Å². The molecular formula is C11H14FNO3. The zero-order valence-electron chi connectivity index (χ0n) is 9.21. The number of hydrogen-bond acceptors (Lipinski definition) is 4. The molecule has 4 nitrogen and oxygen atoms in total. The van der Waals surface area contributed by atoms with Gasteiger partial charge >= 0.3 is 0 Å². The second-order valence-electron chi connectivity index (χ2n) is 4.33. The summed E-state index contributed by atoms with van der Waals surface area (Å²) in [7, 11) is 0. The average Bonchev–Trinajstić information content (AvgIpc) is 2.17. The molecule has 0 radical (unpaired) electrons. The van der Waals surface area contributed by atoms with Crippen LogP contribution in [0.15, 0.2) is 6.07 Å². The molecule has 0 bridgehead atoms. The Morgan fingerprint density at radius 3 is 2.62 bits per heavy atom. The van der Waals surface area contributed by atoms with Crippen LogP contribution in [0.4, 0.5) is 4.39 Å². The third-order valence-corrected chi connectivity index (χ3v) is 2.39. The van der Waals surface area contributed by atoms with Crippen LogP contribution >= 0.6 is 0 Å². The Bertz CT molecular complexity index is 426. The van der Waals surface area contributed by atoms with Crippen molar-refractivity contribution in [3.05, 3.63) is 17.4 Å². The van der Waals surface area contributed by atoms with Crippen LogP contribution in [-0.4, -0.2) is 18.3 Å². The highest BCUT2D eigenvalue weighted by Gasteiger charge is 2.31. The second-order valence-corrected chi connectivity index (χ2v) is 4.33. The van der Waals surface area contributed by atoms with Gasteiger partial charge in [-0.25, -0.2) is 4.39 Å². The van der Waals surface area contributed by atoms with E-state index in [1.54, 1.807) is 13.8 Å². The lowest BCUT2D eigenvalue weighted by Crippen LogP contribution is -2.32. The summed E-state index contributed by atoms with van der Waals surface area (Å²) < 4.78 is 24.5. The molecule has 5 heteroatoms. The van der Waals surface area contributed by atoms with E-state index in [-0.39, 0.29) is 11.3 Å². The van der Waals surface area contributed by atoms with Crippen LogP contribution in [0.3, 0.4) is 0 Å². The topological polar surface area (TPSA) is 64.7 Å². The molecule has 1 aromatic carbocycles. The molecule has 0 aliphatic carbocycles. The number of nitrogens with two attached hydrogens (primary N) is 1. The maximum Gasteiger partial charge on any atom is 0.173 e. The Balaban J connectivity index is 2.69. The number of aromatic hydroxyl groups is 1. The van der Waals surface area contributed by atoms with Gasteiger partial charge in [0.15, 0.2) is 23.1 Å². The highest BCUT2D eigenvalue weighted by atomic mass is 19.1. The first-order valence-corrected chi connectivity index (χ1v) is 5.01. The summed E-state index contributed by atoms with van der Waals surface area (Å²) >= 11 is 0. The summed E-state index contributed by atoms with van der Waals surface area (Å²) in [4.78, 5) is 0. The average molecular weight is 227 g/mol. The predicted molar refractivity (Wildman–Crippen MR) is 56.3 cm³/mol. The van der Waals surface area contributed by atoms with Gasteiger partial charge < -0.3 is 20.3 Å². The Morgan fingerprint density at radius 1 is 1.38 bits per heavy atom. The van der Waals surface area contributed by atoms with Crippen molar-refractivity contribution in [2.24, 2.45) is 5.73 Å². The van der Waals surface area contributed by atoms with Crippen LogP contribution in [0.25, 0.3) is 0 Å². The summed E-state index contributed by atoms with van der Waals surface area (Å²) in [5.41, 5.74) is 5.05. The summed E-state index contributed by atoms with van der Waals surface area (Å²) in [6.07, 6.45) is 0. The molecular weight excluding hydrogens is 213 g/mol. The first-order chi connectivity index (χ1) is 7.41. The van der Waals surface area contributed by atoms with E-state index in [1.807, 2.05) is 0 Å². The number of benzene rings is 1. The van der Waals surface area contributed by atoms with Crippen molar-refractivity contribution in [2.75, 3.05) is 13.2 Å². The number of phenolic OH excluding ortho intramolecular Hbond substituents is 1. The monoisotopic (exact) mass is 227 g/mol. The number of phenols is 1. The fourth-order valence-corrected chi connectivity index (χ4v) is 1.73. The third-order valence-electron chi connectivity index (χ3n) is 2.39. The smallest absolute Gasteiger partial charge is 0.173 e. The number of rotatable bonds is 1. The van der Waals surface area contributed by atoms with Gasteiger partial charge in [0.25, 0.3) is 0 Å². The number of hydrogen-bond donors (Lipinski definition) is 2. The van der Waals surface area contributed by atoms with Gasteiger partial charge in [0.05, 0.1) is 5.56 Å². The summed E-state index contributed by atoms with van der Waals surface area (Å²) in [6.45, 7) is 4.01. The van der Waals surface area contributed by atoms with E-state index in [0.29, 0.717) is 19.0 Å². The molecule has 0 fully saturated rings. The molecule has 0 unspecified atom stereocenters. The number of fused-ring (bicyclic) bond motifs is 1. The van der Waals surface area contributed by atoms with E-state index in [1.165, 1.54) is 6.07 Å². The van der Waals surface area contributed by atoms with Crippen molar-refractivity contribution in [1.82, 2.24) is 0 Å². The molecule has 3 N–H and O–H groups in total. The van der Waals surface area contributed by atoms with Gasteiger partial charge in [0, 0.05) is 11.6 Å². The molecule has 16 heavy (non-hydrogen) atoms. The van der Waals surface area contributed by atoms with Crippen LogP contribution < -0.4 is 15.2 Å². The second kappa shape index (κ2) is 3.52. The van der Waals surface area contributed by atoms with E-state index in [2.05, 4.69) is 0 Å². The summed E-state index contributed by atoms with van der Waals surface area (Å²) in [5, 5.41) is 9.45. The number of halogens is 1. The largest absolute Gasteiger partial charge is 0.505 e. The maximum atomic E-state index is 13.8. The van der Waals surface area contributed by atoms with Gasteiger partial charge in [0.2, 0.25) is 0 Å². The minimum atomic E-state index is -0.951. The minimum absolute atomic E-state index is 0.141. The van der Waals surface area contributed by atoms with Crippen LogP contribution in [-0.2, 0) is 5.54 Å². The van der Waals surface area contributed by atoms with Gasteiger partial charge in [-0.3, -0.25) is 0 Å². The van der Waals surface area contributed by atoms with Crippen molar-refractivity contribution in [3.8, 4) is 17.2 Å². The Labute approximate surface area is 92.8 Å². The van der Waals surface area contributed by atoms with Gasteiger partial charge in [-0.1, -0.05) is 0 Å². The lowest BCUT2D eigenvalue weighted by molar-refractivity contribution is 0.165. The maximum absolute atomic E-state index is 13.8. The van der Waals surface area contributed by atoms with Crippen LogP contribution in [0.5, 0.6) is 17.2 Å². The quantitative estimate of drug-likeness (QED) is 0.763. The standard InChI is InChI=1S/C11H14FNO3/c1-11(2,13)8-9(12)6(14)5-7-10(8)16-4-3-15-7/h5,14H,3-4,13H2,1-2H3. The van der Waals surface area contributed by atoms with Crippen LogP contribution in [0, 0.1) is 5.82 Å². The molecule has 1 aliphatic heterocycles. The van der Waals surface area contributed by atoms with Crippen LogP contribution in [0.2, 0.25) is 0 Å². The van der Waals surface area contributed by atoms with Gasteiger partial charge in [-0.15, -0.1) is 0 Å². The first kappa shape index (κ1) is 11.0. The number of ether oxygens (including phenoxy) is 2. The fourth-order valence-electron chi connectivity index (χ4n) is 1.73. The molecule has 0 atom stereocenters. The van der Waals surface area contributed by atoms with E-state index < -0.39 is 17.1 Å². The van der Waals surface area contributed by atoms with Gasteiger partial charge in [0.1, 0.15) is 13.2 Å². The molecule has 1 aliphatic rings. The Hall–Kier alpha value is -1.49. The van der Waals surface area contributed by atoms with Crippen molar-refractivity contribution in [3.63, 3.8) is 0 Å². The third kappa shape index (κ3) is 1.67. The highest BCUT2D eigenvalue weighted by molar-refractivity contribution is 5.55. The van der Waals surface area contributed by atoms with Crippen LogP contribution in [0.1, 0.15) is 19.4 Å². The molecule has 0 spiro atoms. The molecule has 0 amide bonds. The zero-order chi connectivity index (χ0) is 11.9. The molecule has 0 saturated carbocycles. The highest BCUT2D eigenvalue weighted by Crippen LogP contribution is 2.43. The first-order valence-electron chi connectivity index (χ1n) is 5.01. The molecule has 88 valence electrons. The lowest BCUT2D eigenvalue weighted by atomic mass is 9.93. The van der Waals surface area contributed by atoms with E-state index in [9.17, 15) is 9.50 Å². The Kier molecular flexibility index (Phi) is 2.42. The summed E-state index contributed by atoms with van der Waals surface area (Å²) in [5.74, 6) is -0.609. The molecule has 0 aromatic heterocycles. The van der Waals surface area contributed by atoms with E-state index in [4.69, 9.17) is 15.2 Å². The van der Waals surface area contributed by atoms with Crippen molar-refractivity contribution >= 4 is 0 Å². The summed E-state index contributed by atoms with van der Waals surface area (Å²) in [6, 6.07) is 1.21. The van der Waals surface area contributed by atoms with Gasteiger partial charge in [-0.05, 0) is 13.8 Å². The van der Waals surface area contributed by atoms with E-state index in [0.717, 1.165) is 0 Å². The minimum Gasteiger partial charge on any atom is -0.505 e. The Morgan fingerprint density at radius 2 is 2.00 bits per heavy atom. The molecule has 1 heterocycles. The van der Waals surface area contributed by atoms with Gasteiger partial charge in [-0.2, -0.15) is 0 Å². The fraction of sp³-hybridized carbons (Fsp3) is 0.455. The molecule has 2 rings (SSSR count). The van der Waals surface area contributed by atoms with Crippen molar-refractivity contribution in [1.29, 1.82) is 0 Å². The predicted octanol–water partition coefficient (Wildman–Crippen LogP) is 1.50. The van der Waals surface area contributed by atoms with Crippen molar-refractivity contribution in [2.45, 2.75) is 19.4 Å². The molecule has 0 saturated heterocycles. The SMILES string of the molecule is CC(C)(N)c1c(F)c(O)cc2c1OCCO2. The normalized spacial score (nSPS) is 15.0. The molecule has 1 aromatic rings. The zero-order valence-corrected chi connectivity index (χ0v) is 9.21. The lowest BCUT2D eigenvalue weighted by Gasteiger charge is -2.28.